The Morgan fingerprint density at radius 2 is 2.29 bits per heavy atom. The predicted octanol–water partition coefficient (Wildman–Crippen LogP) is 1.62. The minimum Gasteiger partial charge on any atom is -0.459 e. The normalized spacial score (nSPS) is 13.4. The molecule has 0 N–H and O–H groups in total. The summed E-state index contributed by atoms with van der Waals surface area (Å²) in [7, 11) is 1.34. The van der Waals surface area contributed by atoms with Crippen LogP contribution in [0, 0.1) is 11.8 Å². The molecular weight excluding hydrogens is 214 g/mol. The zero-order valence-electron chi connectivity index (χ0n) is 9.90. The summed E-state index contributed by atoms with van der Waals surface area (Å²) >= 11 is 0. The number of ether oxygens (including phenoxy) is 1. The van der Waals surface area contributed by atoms with Crippen LogP contribution in [0.4, 0.5) is 5.69 Å². The van der Waals surface area contributed by atoms with Crippen LogP contribution in [-0.4, -0.2) is 26.2 Å². The highest BCUT2D eigenvalue weighted by molar-refractivity contribution is 5.88. The number of aryl methyl sites for hydroxylation is 1. The van der Waals surface area contributed by atoms with Gasteiger partial charge in [-0.3, -0.25) is 0 Å². The second-order valence-electron chi connectivity index (χ2n) is 3.95. The molecule has 1 aromatic rings. The monoisotopic (exact) mass is 229 g/mol. The summed E-state index contributed by atoms with van der Waals surface area (Å²) < 4.78 is 4.48. The van der Waals surface area contributed by atoms with Gasteiger partial charge in [-0.15, -0.1) is 0 Å². The Balaban J connectivity index is 2.08. The van der Waals surface area contributed by atoms with E-state index in [1.54, 1.807) is 0 Å². The van der Waals surface area contributed by atoms with Gasteiger partial charge in [0, 0.05) is 18.2 Å². The maximum atomic E-state index is 10.9. The van der Waals surface area contributed by atoms with Crippen molar-refractivity contribution < 1.29 is 9.53 Å². The van der Waals surface area contributed by atoms with Gasteiger partial charge in [0.2, 0.25) is 0 Å². The average Bonchev–Trinajstić information content (AvgIpc) is 2.39. The van der Waals surface area contributed by atoms with E-state index in [4.69, 9.17) is 0 Å². The Labute approximate surface area is 101 Å². The Kier molecular flexibility index (Phi) is 3.66. The van der Waals surface area contributed by atoms with E-state index < -0.39 is 5.97 Å². The van der Waals surface area contributed by atoms with E-state index >= 15 is 0 Å². The molecule has 0 aromatic heterocycles. The molecule has 0 amide bonds. The van der Waals surface area contributed by atoms with E-state index in [-0.39, 0.29) is 0 Å². The fourth-order valence-electron chi connectivity index (χ4n) is 2.03. The van der Waals surface area contributed by atoms with Crippen LogP contribution in [0.25, 0.3) is 0 Å². The number of esters is 1. The molecular formula is C14H15NO2. The molecule has 2 rings (SSSR count). The number of nitrogens with zero attached hydrogens (tertiary/aromatic N) is 1. The van der Waals surface area contributed by atoms with Crippen LogP contribution in [0.1, 0.15) is 12.0 Å². The summed E-state index contributed by atoms with van der Waals surface area (Å²) in [4.78, 5) is 13.1. The molecule has 0 fully saturated rings. The van der Waals surface area contributed by atoms with E-state index in [1.165, 1.54) is 18.4 Å². The number of rotatable bonds is 1. The lowest BCUT2D eigenvalue weighted by Crippen LogP contribution is -2.29. The zero-order chi connectivity index (χ0) is 12.1. The summed E-state index contributed by atoms with van der Waals surface area (Å²) in [6, 6.07) is 8.34. The molecule has 3 heteroatoms. The minimum absolute atomic E-state index is 0.477. The number of carbonyl (C=O) groups is 1. The van der Waals surface area contributed by atoms with Crippen LogP contribution in [0.5, 0.6) is 0 Å². The summed E-state index contributed by atoms with van der Waals surface area (Å²) in [5, 5.41) is 0. The molecule has 0 saturated heterocycles. The van der Waals surface area contributed by atoms with E-state index in [1.807, 2.05) is 6.07 Å². The Morgan fingerprint density at radius 1 is 1.47 bits per heavy atom. The zero-order valence-corrected chi connectivity index (χ0v) is 9.90. The molecule has 0 bridgehead atoms. The van der Waals surface area contributed by atoms with Gasteiger partial charge in [0.25, 0.3) is 0 Å². The van der Waals surface area contributed by atoms with Gasteiger partial charge in [-0.2, -0.15) is 0 Å². The number of hydrogen-bond donors (Lipinski definition) is 0. The van der Waals surface area contributed by atoms with Crippen molar-refractivity contribution in [1.82, 2.24) is 0 Å². The van der Waals surface area contributed by atoms with Crippen molar-refractivity contribution in [3.63, 3.8) is 0 Å². The lowest BCUT2D eigenvalue weighted by atomic mass is 10.0. The molecule has 0 spiro atoms. The molecule has 17 heavy (non-hydrogen) atoms. The van der Waals surface area contributed by atoms with E-state index in [0.717, 1.165) is 19.4 Å². The fourth-order valence-corrected chi connectivity index (χ4v) is 2.03. The number of benzene rings is 1. The number of fused-ring (bicyclic) bond motifs is 1. The average molecular weight is 229 g/mol. The third-order valence-electron chi connectivity index (χ3n) is 2.85. The fraction of sp³-hybridized carbons (Fsp3) is 0.357. The van der Waals surface area contributed by atoms with E-state index in [9.17, 15) is 4.79 Å². The van der Waals surface area contributed by atoms with Crippen LogP contribution in [0.15, 0.2) is 24.3 Å². The Bertz CT molecular complexity index is 471. The van der Waals surface area contributed by atoms with Crippen LogP contribution in [0.3, 0.4) is 0 Å². The van der Waals surface area contributed by atoms with Gasteiger partial charge < -0.3 is 9.64 Å². The first-order chi connectivity index (χ1) is 8.31. The second-order valence-corrected chi connectivity index (χ2v) is 3.95. The van der Waals surface area contributed by atoms with Crippen molar-refractivity contribution in [3.8, 4) is 11.8 Å². The predicted molar refractivity (Wildman–Crippen MR) is 66.8 cm³/mol. The van der Waals surface area contributed by atoms with Crippen molar-refractivity contribution in [2.45, 2.75) is 12.8 Å². The highest BCUT2D eigenvalue weighted by atomic mass is 16.5. The molecule has 88 valence electrons. The van der Waals surface area contributed by atoms with Crippen molar-refractivity contribution >= 4 is 11.7 Å². The molecule has 1 heterocycles. The third-order valence-corrected chi connectivity index (χ3v) is 2.85. The van der Waals surface area contributed by atoms with Crippen LogP contribution >= 0.6 is 0 Å². The number of methoxy groups -OCH3 is 1. The van der Waals surface area contributed by atoms with Gasteiger partial charge >= 0.3 is 5.97 Å². The lowest BCUT2D eigenvalue weighted by Gasteiger charge is -2.29. The van der Waals surface area contributed by atoms with Crippen molar-refractivity contribution in [2.24, 2.45) is 0 Å². The van der Waals surface area contributed by atoms with Crippen LogP contribution < -0.4 is 4.90 Å². The first-order valence-corrected chi connectivity index (χ1v) is 5.71. The highest BCUT2D eigenvalue weighted by Gasteiger charge is 2.14. The highest BCUT2D eigenvalue weighted by Crippen LogP contribution is 2.25. The van der Waals surface area contributed by atoms with Gasteiger partial charge in [-0.1, -0.05) is 24.1 Å². The SMILES string of the molecule is COC(=O)C#CCN1CCCc2ccccc21. The number of para-hydroxylation sites is 1. The van der Waals surface area contributed by atoms with Gasteiger partial charge in [-0.25, -0.2) is 4.79 Å². The first-order valence-electron chi connectivity index (χ1n) is 5.71. The largest absolute Gasteiger partial charge is 0.459 e. The molecule has 0 saturated carbocycles. The van der Waals surface area contributed by atoms with Crippen molar-refractivity contribution in [3.05, 3.63) is 29.8 Å². The van der Waals surface area contributed by atoms with Gasteiger partial charge in [0.1, 0.15) is 0 Å². The minimum atomic E-state index is -0.477. The van der Waals surface area contributed by atoms with Crippen LogP contribution in [-0.2, 0) is 16.0 Å². The molecule has 1 aliphatic rings. The van der Waals surface area contributed by atoms with E-state index in [0.29, 0.717) is 6.54 Å². The maximum Gasteiger partial charge on any atom is 0.384 e. The van der Waals surface area contributed by atoms with E-state index in [2.05, 4.69) is 39.7 Å². The molecule has 0 atom stereocenters. The molecule has 1 aliphatic heterocycles. The molecule has 0 unspecified atom stereocenters. The Morgan fingerprint density at radius 3 is 3.12 bits per heavy atom. The van der Waals surface area contributed by atoms with Crippen molar-refractivity contribution in [1.29, 1.82) is 0 Å². The topological polar surface area (TPSA) is 29.5 Å². The summed E-state index contributed by atoms with van der Waals surface area (Å²) in [6.07, 6.45) is 2.26. The van der Waals surface area contributed by atoms with Crippen molar-refractivity contribution in [2.75, 3.05) is 25.1 Å². The quantitative estimate of drug-likeness (QED) is 0.416. The Hall–Kier alpha value is -1.95. The molecule has 3 nitrogen and oxygen atoms in total. The van der Waals surface area contributed by atoms with Gasteiger partial charge in [0.05, 0.1) is 13.7 Å². The summed E-state index contributed by atoms with van der Waals surface area (Å²) in [5.41, 5.74) is 2.59. The third kappa shape index (κ3) is 2.79. The second kappa shape index (κ2) is 5.40. The first kappa shape index (κ1) is 11.5. The van der Waals surface area contributed by atoms with Gasteiger partial charge in [-0.05, 0) is 24.5 Å². The molecule has 0 radical (unpaired) electrons. The number of hydrogen-bond acceptors (Lipinski definition) is 3. The smallest absolute Gasteiger partial charge is 0.384 e. The van der Waals surface area contributed by atoms with Gasteiger partial charge in [0.15, 0.2) is 0 Å². The lowest BCUT2D eigenvalue weighted by molar-refractivity contribution is -0.133. The molecule has 0 aliphatic carbocycles. The number of anilines is 1. The van der Waals surface area contributed by atoms with Crippen LogP contribution in [0.2, 0.25) is 0 Å². The standard InChI is InChI=1S/C14H15NO2/c1-17-14(16)9-5-11-15-10-4-7-12-6-2-3-8-13(12)15/h2-3,6,8H,4,7,10-11H2,1H3. The summed E-state index contributed by atoms with van der Waals surface area (Å²) in [5.74, 6) is 4.83. The number of carbonyl (C=O) groups excluding carboxylic acids is 1. The summed E-state index contributed by atoms with van der Waals surface area (Å²) in [6.45, 7) is 1.57. The maximum absolute atomic E-state index is 10.9. The molecule has 1 aromatic carbocycles.